The topological polar surface area (TPSA) is 138 Å². The number of benzene rings is 1. The summed E-state index contributed by atoms with van der Waals surface area (Å²) in [4.78, 5) is 18.0. The van der Waals surface area contributed by atoms with E-state index in [1.54, 1.807) is 21.6 Å². The first kappa shape index (κ1) is 23.3. The number of hydrogen-bond donors (Lipinski definition) is 1. The van der Waals surface area contributed by atoms with Crippen LogP contribution in [0.25, 0.3) is 28.5 Å². The molecule has 0 bridgehead atoms. The Balaban J connectivity index is 1.59. The Morgan fingerprint density at radius 1 is 1.03 bits per heavy atom. The molecule has 0 spiro atoms. The third kappa shape index (κ3) is 4.44. The van der Waals surface area contributed by atoms with Gasteiger partial charge in [0.2, 0.25) is 0 Å². The molecule has 0 fully saturated rings. The molecule has 4 aromatic heterocycles. The van der Waals surface area contributed by atoms with E-state index in [1.807, 2.05) is 36.5 Å². The van der Waals surface area contributed by atoms with Crippen LogP contribution in [0.5, 0.6) is 0 Å². The minimum Gasteiger partial charge on any atom is -0.291 e. The van der Waals surface area contributed by atoms with Crippen molar-refractivity contribution in [3.63, 3.8) is 0 Å². The van der Waals surface area contributed by atoms with Gasteiger partial charge >= 0.3 is 5.69 Å². The summed E-state index contributed by atoms with van der Waals surface area (Å²) in [6.07, 6.45) is 7.02. The van der Waals surface area contributed by atoms with Gasteiger partial charge in [-0.1, -0.05) is 56.6 Å². The van der Waals surface area contributed by atoms with Crippen molar-refractivity contribution in [2.45, 2.75) is 46.7 Å². The van der Waals surface area contributed by atoms with Crippen molar-refractivity contribution in [2.24, 2.45) is 5.92 Å². The van der Waals surface area contributed by atoms with Gasteiger partial charge in [0.1, 0.15) is 0 Å². The van der Waals surface area contributed by atoms with Gasteiger partial charge in [-0.25, -0.2) is 19.1 Å². The molecule has 12 nitrogen and oxygen atoms in total. The van der Waals surface area contributed by atoms with Crippen molar-refractivity contribution in [1.29, 1.82) is 0 Å². The molecule has 0 aliphatic carbocycles. The van der Waals surface area contributed by atoms with Crippen LogP contribution < -0.4 is 5.69 Å². The highest BCUT2D eigenvalue weighted by molar-refractivity contribution is 5.81. The van der Waals surface area contributed by atoms with Crippen LogP contribution in [0.3, 0.4) is 0 Å². The van der Waals surface area contributed by atoms with Gasteiger partial charge < -0.3 is 0 Å². The molecule has 1 N–H and O–H groups in total. The van der Waals surface area contributed by atoms with E-state index in [0.29, 0.717) is 30.8 Å². The fourth-order valence-corrected chi connectivity index (χ4v) is 4.32. The number of aromatic amines is 1. The number of nitrogens with zero attached hydrogens (tertiary/aromatic N) is 10. The normalized spacial score (nSPS) is 11.4. The Bertz CT molecular complexity index is 1510. The van der Waals surface area contributed by atoms with Crippen LogP contribution in [0, 0.1) is 5.92 Å². The summed E-state index contributed by atoms with van der Waals surface area (Å²) in [5.41, 5.74) is 4.37. The molecule has 0 atom stereocenters. The molecular formula is C24H27N11O. The molecule has 0 amide bonds. The average molecular weight is 486 g/mol. The van der Waals surface area contributed by atoms with Gasteiger partial charge in [-0.05, 0) is 55.9 Å². The largest absolute Gasteiger partial charge is 0.335 e. The van der Waals surface area contributed by atoms with Crippen LogP contribution in [-0.2, 0) is 19.5 Å². The van der Waals surface area contributed by atoms with Crippen LogP contribution in [0.1, 0.15) is 38.4 Å². The number of aryl methyl sites for hydroxylation is 1. The van der Waals surface area contributed by atoms with Crippen molar-refractivity contribution in [3.05, 3.63) is 70.7 Å². The van der Waals surface area contributed by atoms with Crippen molar-refractivity contribution in [2.75, 3.05) is 0 Å². The lowest BCUT2D eigenvalue weighted by molar-refractivity contribution is 0.465. The summed E-state index contributed by atoms with van der Waals surface area (Å²) in [7, 11) is 0. The number of H-pyrrole nitrogens is 1. The number of aromatic nitrogens is 11. The Hall–Kier alpha value is -4.48. The van der Waals surface area contributed by atoms with Crippen LogP contribution >= 0.6 is 0 Å². The van der Waals surface area contributed by atoms with Crippen LogP contribution in [-0.4, -0.2) is 54.9 Å². The molecule has 0 radical (unpaired) electrons. The summed E-state index contributed by atoms with van der Waals surface area (Å²) < 4.78 is 4.98. The molecule has 1 aromatic carbocycles. The first-order chi connectivity index (χ1) is 17.6. The summed E-state index contributed by atoms with van der Waals surface area (Å²) in [6.45, 7) is 7.21. The number of hydrogen-bond acceptors (Lipinski definition) is 8. The SMILES string of the molecule is CCCc1cn(-c2nnnn2CC(C)C)c(=O)n1Cc1cnccc1-c1ccccc1-c1nnn[nH]1. The second-order valence-corrected chi connectivity index (χ2v) is 8.99. The zero-order valence-electron chi connectivity index (χ0n) is 20.4. The van der Waals surface area contributed by atoms with Crippen LogP contribution in [0.2, 0.25) is 0 Å². The molecule has 36 heavy (non-hydrogen) atoms. The maximum Gasteiger partial charge on any atom is 0.335 e. The van der Waals surface area contributed by atoms with E-state index in [9.17, 15) is 4.79 Å². The molecule has 5 rings (SSSR count). The minimum absolute atomic E-state index is 0.194. The maximum atomic E-state index is 13.7. The zero-order valence-corrected chi connectivity index (χ0v) is 20.4. The molecule has 5 aromatic rings. The Kier molecular flexibility index (Phi) is 6.48. The summed E-state index contributed by atoms with van der Waals surface area (Å²) >= 11 is 0. The lowest BCUT2D eigenvalue weighted by atomic mass is 9.96. The summed E-state index contributed by atoms with van der Waals surface area (Å²) in [6, 6.07) is 9.82. The number of nitrogens with one attached hydrogen (secondary N) is 1. The predicted octanol–water partition coefficient (Wildman–Crippen LogP) is 2.52. The number of imidazole rings is 1. The van der Waals surface area contributed by atoms with E-state index in [1.165, 1.54) is 4.57 Å². The van der Waals surface area contributed by atoms with Gasteiger partial charge in [-0.3, -0.25) is 9.55 Å². The van der Waals surface area contributed by atoms with Gasteiger partial charge in [-0.15, -0.1) is 5.10 Å². The smallest absolute Gasteiger partial charge is 0.291 e. The second-order valence-electron chi connectivity index (χ2n) is 8.99. The standard InChI is InChI=1S/C24H27N11O/c1-4-7-18-15-34(23-28-31-32-35(23)13-16(2)3)24(36)33(18)14-17-12-25-11-10-19(17)20-8-5-6-9-21(20)22-26-29-30-27-22/h5-6,8-12,15-16H,4,7,13-14H2,1-3H3,(H,26,27,29,30). The first-order valence-electron chi connectivity index (χ1n) is 11.9. The van der Waals surface area contributed by atoms with E-state index in [-0.39, 0.29) is 5.69 Å². The lowest BCUT2D eigenvalue weighted by Crippen LogP contribution is -2.27. The van der Waals surface area contributed by atoms with E-state index in [2.05, 4.69) is 61.9 Å². The third-order valence-electron chi connectivity index (χ3n) is 5.88. The van der Waals surface area contributed by atoms with E-state index < -0.39 is 0 Å². The summed E-state index contributed by atoms with van der Waals surface area (Å²) in [5, 5.41) is 26.4. The zero-order chi connectivity index (χ0) is 25.1. The molecule has 0 saturated heterocycles. The molecule has 12 heteroatoms. The molecule has 184 valence electrons. The van der Waals surface area contributed by atoms with Crippen LogP contribution in [0.4, 0.5) is 0 Å². The molecule has 4 heterocycles. The van der Waals surface area contributed by atoms with Crippen molar-refractivity contribution in [1.82, 2.24) is 54.9 Å². The third-order valence-corrected chi connectivity index (χ3v) is 5.88. The van der Waals surface area contributed by atoms with Crippen molar-refractivity contribution in [3.8, 4) is 28.5 Å². The van der Waals surface area contributed by atoms with Gasteiger partial charge in [0.25, 0.3) is 5.95 Å². The van der Waals surface area contributed by atoms with Gasteiger partial charge in [-0.2, -0.15) is 0 Å². The fraction of sp³-hybridized carbons (Fsp3) is 0.333. The molecule has 0 aliphatic rings. The van der Waals surface area contributed by atoms with Crippen molar-refractivity contribution >= 4 is 0 Å². The predicted molar refractivity (Wildman–Crippen MR) is 132 cm³/mol. The quantitative estimate of drug-likeness (QED) is 0.336. The number of pyridine rings is 1. The van der Waals surface area contributed by atoms with Gasteiger partial charge in [0.15, 0.2) is 5.82 Å². The Labute approximate surface area is 207 Å². The Morgan fingerprint density at radius 2 is 1.86 bits per heavy atom. The molecule has 0 aliphatic heterocycles. The van der Waals surface area contributed by atoms with E-state index in [4.69, 9.17) is 0 Å². The van der Waals surface area contributed by atoms with E-state index >= 15 is 0 Å². The van der Waals surface area contributed by atoms with Crippen LogP contribution in [0.15, 0.2) is 53.7 Å². The monoisotopic (exact) mass is 485 g/mol. The highest BCUT2D eigenvalue weighted by Gasteiger charge is 2.20. The molecule has 0 saturated carbocycles. The Morgan fingerprint density at radius 3 is 2.61 bits per heavy atom. The lowest BCUT2D eigenvalue weighted by Gasteiger charge is -2.13. The number of rotatable bonds is 9. The highest BCUT2D eigenvalue weighted by Crippen LogP contribution is 2.32. The molecule has 0 unspecified atom stereocenters. The summed E-state index contributed by atoms with van der Waals surface area (Å²) in [5.74, 6) is 1.32. The van der Waals surface area contributed by atoms with Crippen molar-refractivity contribution < 1.29 is 0 Å². The highest BCUT2D eigenvalue weighted by atomic mass is 16.2. The fourth-order valence-electron chi connectivity index (χ4n) is 4.32. The first-order valence-corrected chi connectivity index (χ1v) is 11.9. The second kappa shape index (κ2) is 10.0. The minimum atomic E-state index is -0.194. The molecular weight excluding hydrogens is 458 g/mol. The van der Waals surface area contributed by atoms with E-state index in [0.717, 1.165) is 40.8 Å². The average Bonchev–Trinajstić information content (AvgIpc) is 3.62. The number of tetrazole rings is 2. The van der Waals surface area contributed by atoms with Gasteiger partial charge in [0, 0.05) is 36.4 Å². The maximum absolute atomic E-state index is 13.7. The van der Waals surface area contributed by atoms with Gasteiger partial charge in [0.05, 0.1) is 6.54 Å².